The maximum absolute atomic E-state index is 4.44. The minimum atomic E-state index is 0.322. The van der Waals surface area contributed by atoms with Gasteiger partial charge in [-0.25, -0.2) is 0 Å². The van der Waals surface area contributed by atoms with E-state index >= 15 is 0 Å². The van der Waals surface area contributed by atoms with Crippen molar-refractivity contribution in [3.8, 4) is 0 Å². The Kier molecular flexibility index (Phi) is 4.71. The topological polar surface area (TPSA) is 24.9 Å². The largest absolute Gasteiger partial charge is 0.312 e. The van der Waals surface area contributed by atoms with Crippen LogP contribution in [0.25, 0.3) is 0 Å². The van der Waals surface area contributed by atoms with Crippen molar-refractivity contribution < 1.29 is 0 Å². The van der Waals surface area contributed by atoms with Crippen LogP contribution in [-0.4, -0.2) is 12.0 Å². The van der Waals surface area contributed by atoms with E-state index in [1.165, 1.54) is 5.56 Å². The molecule has 0 saturated carbocycles. The molecule has 1 unspecified atom stereocenters. The van der Waals surface area contributed by atoms with Gasteiger partial charge in [0.05, 0.1) is 5.69 Å². The molecule has 90 valence electrons. The monoisotopic (exact) mass is 310 g/mol. The molecule has 2 nitrogen and oxygen atoms in total. The second-order valence-corrected chi connectivity index (χ2v) is 5.61. The van der Waals surface area contributed by atoms with Gasteiger partial charge in [0.2, 0.25) is 0 Å². The van der Waals surface area contributed by atoms with Crippen LogP contribution in [-0.2, 0) is 6.42 Å². The summed E-state index contributed by atoms with van der Waals surface area (Å²) in [4.78, 5) is 4.44. The number of aromatic nitrogens is 1. The maximum atomic E-state index is 4.44. The molecule has 2 rings (SSSR count). The standard InChI is InChI=1S/C13H15BrN2S/c1-15-12(4-2-10-6-7-17-9-10)13-5-3-11(14)8-16-13/h3,5-9,12,15H,2,4H2,1H3. The van der Waals surface area contributed by atoms with Crippen LogP contribution >= 0.6 is 27.3 Å². The van der Waals surface area contributed by atoms with Gasteiger partial charge in [-0.3, -0.25) is 4.98 Å². The van der Waals surface area contributed by atoms with Crippen LogP contribution in [0.5, 0.6) is 0 Å². The molecule has 0 saturated heterocycles. The fraction of sp³-hybridized carbons (Fsp3) is 0.308. The molecule has 1 N–H and O–H groups in total. The van der Waals surface area contributed by atoms with Crippen LogP contribution in [0.1, 0.15) is 23.7 Å². The zero-order chi connectivity index (χ0) is 12.1. The Morgan fingerprint density at radius 1 is 1.41 bits per heavy atom. The van der Waals surface area contributed by atoms with E-state index in [-0.39, 0.29) is 0 Å². The minimum Gasteiger partial charge on any atom is -0.312 e. The summed E-state index contributed by atoms with van der Waals surface area (Å²) in [5.41, 5.74) is 2.51. The van der Waals surface area contributed by atoms with Gasteiger partial charge in [-0.1, -0.05) is 0 Å². The summed E-state index contributed by atoms with van der Waals surface area (Å²) in [6.07, 6.45) is 4.01. The van der Waals surface area contributed by atoms with Crippen LogP contribution in [0.2, 0.25) is 0 Å². The average Bonchev–Trinajstić information content (AvgIpc) is 2.85. The molecule has 0 aromatic carbocycles. The van der Waals surface area contributed by atoms with Crippen LogP contribution in [0.15, 0.2) is 39.6 Å². The van der Waals surface area contributed by atoms with Crippen molar-refractivity contribution in [2.24, 2.45) is 0 Å². The molecular formula is C13H15BrN2S. The van der Waals surface area contributed by atoms with Gasteiger partial charge in [-0.15, -0.1) is 0 Å². The molecule has 17 heavy (non-hydrogen) atoms. The van der Waals surface area contributed by atoms with E-state index in [0.29, 0.717) is 6.04 Å². The van der Waals surface area contributed by atoms with E-state index < -0.39 is 0 Å². The zero-order valence-electron chi connectivity index (χ0n) is 9.69. The van der Waals surface area contributed by atoms with Gasteiger partial charge in [0.25, 0.3) is 0 Å². The highest BCUT2D eigenvalue weighted by Crippen LogP contribution is 2.19. The van der Waals surface area contributed by atoms with Gasteiger partial charge < -0.3 is 5.32 Å². The SMILES string of the molecule is CNC(CCc1ccsc1)c1ccc(Br)cn1. The van der Waals surface area contributed by atoms with E-state index in [1.54, 1.807) is 11.3 Å². The lowest BCUT2D eigenvalue weighted by Gasteiger charge is -2.15. The molecular weight excluding hydrogens is 296 g/mol. The molecule has 0 bridgehead atoms. The first-order valence-electron chi connectivity index (χ1n) is 5.59. The Bertz CT molecular complexity index is 439. The van der Waals surface area contributed by atoms with Gasteiger partial charge >= 0.3 is 0 Å². The van der Waals surface area contributed by atoms with Crippen molar-refractivity contribution >= 4 is 27.3 Å². The fourth-order valence-corrected chi connectivity index (χ4v) is 2.72. The molecule has 2 aromatic heterocycles. The second kappa shape index (κ2) is 6.28. The third-order valence-electron chi connectivity index (χ3n) is 2.76. The summed E-state index contributed by atoms with van der Waals surface area (Å²) in [5, 5.41) is 7.66. The Morgan fingerprint density at radius 3 is 2.88 bits per heavy atom. The first-order chi connectivity index (χ1) is 8.29. The van der Waals surface area contributed by atoms with Gasteiger partial charge in [0, 0.05) is 16.7 Å². The molecule has 4 heteroatoms. The van der Waals surface area contributed by atoms with Crippen molar-refractivity contribution in [2.45, 2.75) is 18.9 Å². The van der Waals surface area contributed by atoms with Gasteiger partial charge in [0.15, 0.2) is 0 Å². The molecule has 0 aliphatic heterocycles. The van der Waals surface area contributed by atoms with E-state index in [9.17, 15) is 0 Å². The molecule has 2 aromatic rings. The number of rotatable bonds is 5. The number of halogens is 1. The van der Waals surface area contributed by atoms with Crippen molar-refractivity contribution in [2.75, 3.05) is 7.05 Å². The Labute approximate surface area is 114 Å². The summed E-state index contributed by atoms with van der Waals surface area (Å²) in [6, 6.07) is 6.62. The highest BCUT2D eigenvalue weighted by atomic mass is 79.9. The predicted octanol–water partition coefficient (Wildman–Crippen LogP) is 3.80. The summed E-state index contributed by atoms with van der Waals surface area (Å²) in [7, 11) is 1.99. The highest BCUT2D eigenvalue weighted by Gasteiger charge is 2.10. The maximum Gasteiger partial charge on any atom is 0.0574 e. The predicted molar refractivity (Wildman–Crippen MR) is 76.4 cm³/mol. The molecule has 0 spiro atoms. The molecule has 0 aliphatic carbocycles. The van der Waals surface area contributed by atoms with Crippen LogP contribution in [0.3, 0.4) is 0 Å². The number of nitrogens with one attached hydrogen (secondary N) is 1. The number of nitrogens with zero attached hydrogens (tertiary/aromatic N) is 1. The van der Waals surface area contributed by atoms with Crippen LogP contribution in [0, 0.1) is 0 Å². The molecule has 0 aliphatic rings. The highest BCUT2D eigenvalue weighted by molar-refractivity contribution is 9.10. The van der Waals surface area contributed by atoms with Gasteiger partial charge in [-0.05, 0) is 70.3 Å². The van der Waals surface area contributed by atoms with E-state index in [1.807, 2.05) is 19.3 Å². The van der Waals surface area contributed by atoms with E-state index in [4.69, 9.17) is 0 Å². The van der Waals surface area contributed by atoms with Crippen LogP contribution < -0.4 is 5.32 Å². The van der Waals surface area contributed by atoms with Crippen molar-refractivity contribution in [1.29, 1.82) is 0 Å². The normalized spacial score (nSPS) is 12.6. The smallest absolute Gasteiger partial charge is 0.0574 e. The lowest BCUT2D eigenvalue weighted by molar-refractivity contribution is 0.536. The first kappa shape index (κ1) is 12.7. The zero-order valence-corrected chi connectivity index (χ0v) is 12.1. The quantitative estimate of drug-likeness (QED) is 0.908. The molecule has 1 atom stereocenters. The Morgan fingerprint density at radius 2 is 2.29 bits per heavy atom. The van der Waals surface area contributed by atoms with E-state index in [2.05, 4.69) is 49.1 Å². The Hall–Kier alpha value is -0.710. The van der Waals surface area contributed by atoms with E-state index in [0.717, 1.165) is 23.0 Å². The second-order valence-electron chi connectivity index (χ2n) is 3.91. The molecule has 0 radical (unpaired) electrons. The van der Waals surface area contributed by atoms with Gasteiger partial charge in [0.1, 0.15) is 0 Å². The summed E-state index contributed by atoms with van der Waals surface area (Å²) in [5.74, 6) is 0. The summed E-state index contributed by atoms with van der Waals surface area (Å²) >= 11 is 5.16. The lowest BCUT2D eigenvalue weighted by atomic mass is 10.0. The van der Waals surface area contributed by atoms with Crippen LogP contribution in [0.4, 0.5) is 0 Å². The molecule has 0 fully saturated rings. The number of hydrogen-bond donors (Lipinski definition) is 1. The fourth-order valence-electron chi connectivity index (χ4n) is 1.78. The molecule has 0 amide bonds. The number of thiophene rings is 1. The number of pyridine rings is 1. The van der Waals surface area contributed by atoms with Gasteiger partial charge in [-0.2, -0.15) is 11.3 Å². The molecule has 2 heterocycles. The number of aryl methyl sites for hydroxylation is 1. The Balaban J connectivity index is 1.99. The summed E-state index contributed by atoms with van der Waals surface area (Å²) < 4.78 is 1.02. The van der Waals surface area contributed by atoms with Crippen molar-refractivity contribution in [3.05, 3.63) is 50.9 Å². The van der Waals surface area contributed by atoms with Crippen molar-refractivity contribution in [1.82, 2.24) is 10.3 Å². The lowest BCUT2D eigenvalue weighted by Crippen LogP contribution is -2.18. The minimum absolute atomic E-state index is 0.322. The third-order valence-corrected chi connectivity index (χ3v) is 3.96. The number of hydrogen-bond acceptors (Lipinski definition) is 3. The first-order valence-corrected chi connectivity index (χ1v) is 7.33. The third kappa shape index (κ3) is 3.63. The van der Waals surface area contributed by atoms with Crippen molar-refractivity contribution in [3.63, 3.8) is 0 Å². The summed E-state index contributed by atoms with van der Waals surface area (Å²) in [6.45, 7) is 0. The average molecular weight is 311 g/mol.